The van der Waals surface area contributed by atoms with Crippen molar-refractivity contribution in [1.82, 2.24) is 15.2 Å². The van der Waals surface area contributed by atoms with Crippen LogP contribution in [0.4, 0.5) is 5.69 Å². The van der Waals surface area contributed by atoms with Crippen LogP contribution in [0.25, 0.3) is 10.9 Å². The Morgan fingerprint density at radius 2 is 2.00 bits per heavy atom. The predicted octanol–water partition coefficient (Wildman–Crippen LogP) is 2.33. The van der Waals surface area contributed by atoms with E-state index in [4.69, 9.17) is 5.11 Å². The second-order valence-electron chi connectivity index (χ2n) is 7.43. The molecule has 1 aliphatic heterocycles. The van der Waals surface area contributed by atoms with Crippen molar-refractivity contribution in [3.8, 4) is 0 Å². The molecule has 2 heterocycles. The Bertz CT molecular complexity index is 1100. The van der Waals surface area contributed by atoms with Crippen LogP contribution in [0, 0.1) is 0 Å². The van der Waals surface area contributed by atoms with E-state index in [1.807, 2.05) is 30.3 Å². The normalized spacial score (nSPS) is 16.0. The van der Waals surface area contributed by atoms with Crippen LogP contribution in [0.2, 0.25) is 0 Å². The van der Waals surface area contributed by atoms with E-state index in [0.717, 1.165) is 22.2 Å². The third-order valence-corrected chi connectivity index (χ3v) is 5.18. The van der Waals surface area contributed by atoms with Crippen LogP contribution < -0.4 is 10.6 Å². The van der Waals surface area contributed by atoms with E-state index in [-0.39, 0.29) is 18.2 Å². The number of rotatable bonds is 5. The van der Waals surface area contributed by atoms with Crippen molar-refractivity contribution in [2.45, 2.75) is 25.6 Å². The minimum atomic E-state index is -1.05. The van der Waals surface area contributed by atoms with E-state index >= 15 is 0 Å². The van der Waals surface area contributed by atoms with Gasteiger partial charge >= 0.3 is 5.97 Å². The number of aliphatic carboxylic acids is 1. The fourth-order valence-electron chi connectivity index (χ4n) is 3.67. The number of anilines is 1. The minimum Gasteiger partial charge on any atom is -0.481 e. The summed E-state index contributed by atoms with van der Waals surface area (Å²) < 4.78 is 0. The number of aromatic amines is 1. The smallest absolute Gasteiger partial charge is 0.305 e. The maximum atomic E-state index is 12.7. The fraction of sp³-hybridized carbons (Fsp3) is 0.227. The molecule has 4 rings (SSSR count). The summed E-state index contributed by atoms with van der Waals surface area (Å²) in [6.45, 7) is 0.655. The van der Waals surface area contributed by atoms with Crippen molar-refractivity contribution in [2.24, 2.45) is 0 Å². The first kappa shape index (κ1) is 19.5. The number of carboxylic acids is 1. The number of H-pyrrole nitrogens is 1. The SMILES string of the molecule is CN1Cc2cc(C(=O)NCc3cc4ccccc4[nH]3)ccc2N[C@@H](CC(=O)O)C1=O. The van der Waals surface area contributed by atoms with E-state index < -0.39 is 12.0 Å². The second-order valence-corrected chi connectivity index (χ2v) is 7.43. The molecular formula is C22H22N4O4. The van der Waals surface area contributed by atoms with Crippen molar-refractivity contribution in [1.29, 1.82) is 0 Å². The molecule has 1 aliphatic rings. The van der Waals surface area contributed by atoms with E-state index in [1.165, 1.54) is 4.90 Å². The summed E-state index contributed by atoms with van der Waals surface area (Å²) in [7, 11) is 1.62. The first-order chi connectivity index (χ1) is 14.4. The number of para-hydroxylation sites is 1. The number of nitrogens with one attached hydrogen (secondary N) is 3. The number of likely N-dealkylation sites (N-methyl/N-ethyl adjacent to an activating group) is 1. The molecule has 8 nitrogen and oxygen atoms in total. The lowest BCUT2D eigenvalue weighted by Crippen LogP contribution is -2.39. The topological polar surface area (TPSA) is 115 Å². The third-order valence-electron chi connectivity index (χ3n) is 5.18. The zero-order valence-electron chi connectivity index (χ0n) is 16.4. The molecule has 154 valence electrons. The van der Waals surface area contributed by atoms with Gasteiger partial charge in [0, 0.05) is 36.1 Å². The van der Waals surface area contributed by atoms with Crippen LogP contribution in [-0.4, -0.2) is 45.9 Å². The standard InChI is InChI=1S/C22H22N4O4/c1-26-12-15-8-14(6-7-18(15)25-19(22(26)30)10-20(27)28)21(29)23-11-16-9-13-4-2-3-5-17(13)24-16/h2-9,19,24-25H,10-12H2,1H3,(H,23,29)(H,27,28)/t19-/m0/s1. The van der Waals surface area contributed by atoms with Gasteiger partial charge in [-0.05, 0) is 41.3 Å². The number of carboxylic acid groups (broad SMARTS) is 1. The molecule has 0 radical (unpaired) electrons. The summed E-state index contributed by atoms with van der Waals surface area (Å²) >= 11 is 0. The average Bonchev–Trinajstić information content (AvgIpc) is 3.10. The molecule has 0 bridgehead atoms. The molecule has 0 spiro atoms. The van der Waals surface area contributed by atoms with Gasteiger partial charge in [-0.3, -0.25) is 14.4 Å². The minimum absolute atomic E-state index is 0.225. The zero-order valence-corrected chi connectivity index (χ0v) is 16.4. The van der Waals surface area contributed by atoms with Gasteiger partial charge in [0.2, 0.25) is 5.91 Å². The molecule has 0 fully saturated rings. The Morgan fingerprint density at radius 3 is 2.77 bits per heavy atom. The lowest BCUT2D eigenvalue weighted by atomic mass is 10.1. The summed E-state index contributed by atoms with van der Waals surface area (Å²) in [6.07, 6.45) is -0.310. The van der Waals surface area contributed by atoms with Crippen LogP contribution in [-0.2, 0) is 22.7 Å². The van der Waals surface area contributed by atoms with Crippen molar-refractivity contribution in [3.63, 3.8) is 0 Å². The number of aromatic nitrogens is 1. The number of carbonyl (C=O) groups is 3. The number of benzene rings is 2. The molecule has 1 atom stereocenters. The molecule has 30 heavy (non-hydrogen) atoms. The highest BCUT2D eigenvalue weighted by molar-refractivity contribution is 5.96. The van der Waals surface area contributed by atoms with Crippen molar-refractivity contribution < 1.29 is 19.5 Å². The first-order valence-electron chi connectivity index (χ1n) is 9.62. The highest BCUT2D eigenvalue weighted by Gasteiger charge is 2.29. The first-order valence-corrected chi connectivity index (χ1v) is 9.62. The van der Waals surface area contributed by atoms with Gasteiger partial charge in [-0.15, -0.1) is 0 Å². The van der Waals surface area contributed by atoms with Crippen molar-refractivity contribution >= 4 is 34.4 Å². The molecular weight excluding hydrogens is 384 g/mol. The van der Waals surface area contributed by atoms with Gasteiger partial charge in [0.1, 0.15) is 6.04 Å². The molecule has 0 saturated heterocycles. The summed E-state index contributed by atoms with van der Waals surface area (Å²) in [6, 6.07) is 14.2. The number of carbonyl (C=O) groups excluding carboxylic acids is 2. The lowest BCUT2D eigenvalue weighted by molar-refractivity contribution is -0.141. The summed E-state index contributed by atoms with van der Waals surface area (Å²) in [5.41, 5.74) is 3.82. The molecule has 0 aliphatic carbocycles. The van der Waals surface area contributed by atoms with Gasteiger partial charge in [0.15, 0.2) is 0 Å². The quantitative estimate of drug-likeness (QED) is 0.519. The van der Waals surface area contributed by atoms with E-state index in [0.29, 0.717) is 24.3 Å². The highest BCUT2D eigenvalue weighted by atomic mass is 16.4. The molecule has 2 amide bonds. The van der Waals surface area contributed by atoms with Gasteiger partial charge in [-0.25, -0.2) is 0 Å². The van der Waals surface area contributed by atoms with Crippen molar-refractivity contribution in [3.05, 3.63) is 65.4 Å². The number of hydrogen-bond donors (Lipinski definition) is 4. The van der Waals surface area contributed by atoms with E-state index in [2.05, 4.69) is 15.6 Å². The molecule has 2 aromatic carbocycles. The Morgan fingerprint density at radius 1 is 1.20 bits per heavy atom. The monoisotopic (exact) mass is 406 g/mol. The second kappa shape index (κ2) is 7.90. The molecule has 0 unspecified atom stereocenters. The summed E-state index contributed by atoms with van der Waals surface area (Å²) in [4.78, 5) is 40.9. The Balaban J connectivity index is 1.49. The van der Waals surface area contributed by atoms with Crippen LogP contribution in [0.15, 0.2) is 48.5 Å². The molecule has 0 saturated carbocycles. The molecule has 8 heteroatoms. The molecule has 4 N–H and O–H groups in total. The Labute approximate surface area is 172 Å². The van der Waals surface area contributed by atoms with Crippen molar-refractivity contribution in [2.75, 3.05) is 12.4 Å². The maximum Gasteiger partial charge on any atom is 0.305 e. The van der Waals surface area contributed by atoms with Crippen LogP contribution in [0.1, 0.15) is 28.0 Å². The Kier molecular flexibility index (Phi) is 5.14. The lowest BCUT2D eigenvalue weighted by Gasteiger charge is -2.19. The Hall–Kier alpha value is -3.81. The van der Waals surface area contributed by atoms with E-state index in [9.17, 15) is 14.4 Å². The molecule has 1 aromatic heterocycles. The fourth-order valence-corrected chi connectivity index (χ4v) is 3.67. The zero-order chi connectivity index (χ0) is 21.3. The molecule has 3 aromatic rings. The van der Waals surface area contributed by atoms with E-state index in [1.54, 1.807) is 25.2 Å². The van der Waals surface area contributed by atoms with Crippen LogP contribution in [0.3, 0.4) is 0 Å². The van der Waals surface area contributed by atoms with Gasteiger partial charge in [-0.1, -0.05) is 18.2 Å². The van der Waals surface area contributed by atoms with Gasteiger partial charge in [-0.2, -0.15) is 0 Å². The number of fused-ring (bicyclic) bond motifs is 2. The summed E-state index contributed by atoms with van der Waals surface area (Å²) in [5, 5.41) is 16.1. The number of hydrogen-bond acceptors (Lipinski definition) is 4. The largest absolute Gasteiger partial charge is 0.481 e. The third kappa shape index (κ3) is 3.98. The van der Waals surface area contributed by atoms with Gasteiger partial charge in [0.25, 0.3) is 5.91 Å². The average molecular weight is 406 g/mol. The van der Waals surface area contributed by atoms with Gasteiger partial charge in [0.05, 0.1) is 13.0 Å². The van der Waals surface area contributed by atoms with Crippen LogP contribution >= 0.6 is 0 Å². The van der Waals surface area contributed by atoms with Crippen LogP contribution in [0.5, 0.6) is 0 Å². The predicted molar refractivity (Wildman–Crippen MR) is 112 cm³/mol. The summed E-state index contributed by atoms with van der Waals surface area (Å²) in [5.74, 6) is -1.57. The number of nitrogens with zero attached hydrogens (tertiary/aromatic N) is 1. The maximum absolute atomic E-state index is 12.7. The highest BCUT2D eigenvalue weighted by Crippen LogP contribution is 2.25. The van der Waals surface area contributed by atoms with Gasteiger partial charge < -0.3 is 25.6 Å². The number of amides is 2.